The van der Waals surface area contributed by atoms with Crippen LogP contribution in [0.4, 0.5) is 4.79 Å². The van der Waals surface area contributed by atoms with Crippen LogP contribution in [0, 0.1) is 19.8 Å². The van der Waals surface area contributed by atoms with Crippen LogP contribution in [0.1, 0.15) is 90.5 Å². The highest BCUT2D eigenvalue weighted by atomic mass is 16.6. The largest absolute Gasteiger partial charge is 0.466 e. The molecule has 214 valence electrons. The molecule has 0 aliphatic heterocycles. The van der Waals surface area contributed by atoms with Crippen molar-refractivity contribution >= 4 is 23.9 Å². The summed E-state index contributed by atoms with van der Waals surface area (Å²) < 4.78 is 10.4. The first-order valence-corrected chi connectivity index (χ1v) is 13.6. The third kappa shape index (κ3) is 10.3. The van der Waals surface area contributed by atoms with Crippen molar-refractivity contribution in [2.45, 2.75) is 99.3 Å². The van der Waals surface area contributed by atoms with Crippen LogP contribution in [0.5, 0.6) is 0 Å². The minimum atomic E-state index is -0.948. The first kappa shape index (κ1) is 32.9. The van der Waals surface area contributed by atoms with E-state index in [0.29, 0.717) is 24.9 Å². The van der Waals surface area contributed by atoms with Crippen molar-refractivity contribution in [2.24, 2.45) is 5.92 Å². The Balaban J connectivity index is 3.43. The van der Waals surface area contributed by atoms with E-state index in [1.54, 1.807) is 27.7 Å². The molecule has 2 N–H and O–H groups in total. The average Bonchev–Trinajstić information content (AvgIpc) is 2.82. The number of carbonyl (C=O) groups excluding carboxylic acids is 4. The fraction of sp³-hybridized carbons (Fsp3) is 0.655. The zero-order chi connectivity index (χ0) is 29.0. The lowest BCUT2D eigenvalue weighted by molar-refractivity contribution is -0.145. The summed E-state index contributed by atoms with van der Waals surface area (Å²) >= 11 is 0. The van der Waals surface area contributed by atoms with Gasteiger partial charge in [-0.15, -0.1) is 0 Å². The maximum absolute atomic E-state index is 14.1. The quantitative estimate of drug-likeness (QED) is 0.359. The number of benzene rings is 1. The van der Waals surface area contributed by atoms with Gasteiger partial charge in [0.05, 0.1) is 13.0 Å². The van der Waals surface area contributed by atoms with Crippen molar-refractivity contribution in [1.82, 2.24) is 15.5 Å². The predicted octanol–water partition coefficient (Wildman–Crippen LogP) is 4.59. The number of hydrogen-bond donors (Lipinski definition) is 2. The van der Waals surface area contributed by atoms with Gasteiger partial charge in [0, 0.05) is 13.1 Å². The molecule has 0 bridgehead atoms. The van der Waals surface area contributed by atoms with Crippen molar-refractivity contribution in [3.63, 3.8) is 0 Å². The molecule has 0 saturated carbocycles. The third-order valence-corrected chi connectivity index (χ3v) is 6.24. The molecule has 0 spiro atoms. The Bertz CT molecular complexity index is 956. The highest BCUT2D eigenvalue weighted by molar-refractivity contribution is 5.92. The second kappa shape index (κ2) is 15.3. The highest BCUT2D eigenvalue weighted by Gasteiger charge is 2.37. The topological polar surface area (TPSA) is 114 Å². The van der Waals surface area contributed by atoms with Gasteiger partial charge < -0.3 is 25.0 Å². The van der Waals surface area contributed by atoms with Crippen molar-refractivity contribution in [1.29, 1.82) is 0 Å². The van der Waals surface area contributed by atoms with E-state index >= 15 is 0 Å². The molecule has 1 rings (SSSR count). The van der Waals surface area contributed by atoms with E-state index in [1.807, 2.05) is 52.8 Å². The molecule has 0 aliphatic carbocycles. The molecule has 0 aliphatic rings. The SMILES string of the molecule is CCCN(C(=O)C(NC(=O)OC(C)(C)C)C(C)CC)C(C(=O)NCCC(=O)OCC)c1ccc(C)c(C)c1. The summed E-state index contributed by atoms with van der Waals surface area (Å²) in [7, 11) is 0. The summed E-state index contributed by atoms with van der Waals surface area (Å²) in [4.78, 5) is 53.7. The standard InChI is InChI=1S/C29H47N3O6/c1-10-17-32(27(35)24(19(4)11-2)31-28(36)38-29(7,8)9)25(22-14-13-20(5)21(6)18-22)26(34)30-16-15-23(33)37-12-3/h13-14,18-19,24-25H,10-12,15-17H2,1-9H3,(H,30,34)(H,31,36). The van der Waals surface area contributed by atoms with Gasteiger partial charge in [-0.2, -0.15) is 0 Å². The van der Waals surface area contributed by atoms with Crippen LogP contribution >= 0.6 is 0 Å². The third-order valence-electron chi connectivity index (χ3n) is 6.24. The Labute approximate surface area is 228 Å². The number of alkyl carbamates (subject to hydrolysis) is 1. The number of nitrogens with zero attached hydrogens (tertiary/aromatic N) is 1. The van der Waals surface area contributed by atoms with Crippen molar-refractivity contribution in [3.05, 3.63) is 34.9 Å². The molecule has 1 aromatic rings. The molecule has 0 saturated heterocycles. The number of aryl methyl sites for hydroxylation is 2. The van der Waals surface area contributed by atoms with Crippen LogP contribution in [0.25, 0.3) is 0 Å². The van der Waals surface area contributed by atoms with Gasteiger partial charge in [-0.25, -0.2) is 4.79 Å². The summed E-state index contributed by atoms with van der Waals surface area (Å²) in [5.41, 5.74) is 1.98. The fourth-order valence-corrected chi connectivity index (χ4v) is 3.93. The fourth-order valence-electron chi connectivity index (χ4n) is 3.93. The summed E-state index contributed by atoms with van der Waals surface area (Å²) in [6.07, 6.45) is 0.570. The van der Waals surface area contributed by atoms with E-state index in [4.69, 9.17) is 9.47 Å². The van der Waals surface area contributed by atoms with Gasteiger partial charge in [0.15, 0.2) is 0 Å². The summed E-state index contributed by atoms with van der Waals surface area (Å²) in [5, 5.41) is 5.56. The van der Waals surface area contributed by atoms with E-state index in [-0.39, 0.29) is 31.4 Å². The zero-order valence-corrected chi connectivity index (χ0v) is 24.6. The molecule has 3 amide bonds. The van der Waals surface area contributed by atoms with Gasteiger partial charge >= 0.3 is 12.1 Å². The molecule has 3 unspecified atom stereocenters. The number of esters is 1. The zero-order valence-electron chi connectivity index (χ0n) is 24.6. The van der Waals surface area contributed by atoms with Gasteiger partial charge in [-0.05, 0) is 70.6 Å². The van der Waals surface area contributed by atoms with Crippen LogP contribution in [0.2, 0.25) is 0 Å². The first-order valence-electron chi connectivity index (χ1n) is 13.6. The average molecular weight is 534 g/mol. The molecule has 0 fully saturated rings. The molecule has 0 heterocycles. The Morgan fingerprint density at radius 2 is 1.68 bits per heavy atom. The second-order valence-corrected chi connectivity index (χ2v) is 10.6. The van der Waals surface area contributed by atoms with Gasteiger partial charge in [0.25, 0.3) is 0 Å². The van der Waals surface area contributed by atoms with Gasteiger partial charge in [-0.3, -0.25) is 14.4 Å². The minimum absolute atomic E-state index is 0.0244. The lowest BCUT2D eigenvalue weighted by Gasteiger charge is -2.36. The van der Waals surface area contributed by atoms with Crippen molar-refractivity contribution < 1.29 is 28.7 Å². The Morgan fingerprint density at radius 1 is 1.03 bits per heavy atom. The monoisotopic (exact) mass is 533 g/mol. The molecular weight excluding hydrogens is 486 g/mol. The van der Waals surface area contributed by atoms with Gasteiger partial charge in [0.2, 0.25) is 11.8 Å². The number of carbonyl (C=O) groups is 4. The van der Waals surface area contributed by atoms with Crippen LogP contribution in [-0.2, 0) is 23.9 Å². The lowest BCUT2D eigenvalue weighted by atomic mass is 9.94. The Kier molecular flexibility index (Phi) is 13.3. The van der Waals surface area contributed by atoms with Gasteiger partial charge in [0.1, 0.15) is 17.7 Å². The van der Waals surface area contributed by atoms with E-state index < -0.39 is 35.7 Å². The Morgan fingerprint density at radius 3 is 2.21 bits per heavy atom. The maximum atomic E-state index is 14.1. The van der Waals surface area contributed by atoms with E-state index in [0.717, 1.165) is 11.1 Å². The summed E-state index contributed by atoms with van der Waals surface area (Å²) in [5.74, 6) is -1.38. The number of hydrogen-bond acceptors (Lipinski definition) is 6. The first-order chi connectivity index (χ1) is 17.7. The number of rotatable bonds is 13. The number of ether oxygens (including phenoxy) is 2. The number of amides is 3. The van der Waals surface area contributed by atoms with Crippen molar-refractivity contribution in [3.8, 4) is 0 Å². The van der Waals surface area contributed by atoms with Crippen molar-refractivity contribution in [2.75, 3.05) is 19.7 Å². The Hall–Kier alpha value is -3.10. The van der Waals surface area contributed by atoms with Gasteiger partial charge in [-0.1, -0.05) is 45.4 Å². The minimum Gasteiger partial charge on any atom is -0.466 e. The van der Waals surface area contributed by atoms with E-state index in [2.05, 4.69) is 10.6 Å². The van der Waals surface area contributed by atoms with Crippen LogP contribution in [0.15, 0.2) is 18.2 Å². The van der Waals surface area contributed by atoms with E-state index in [1.165, 1.54) is 4.90 Å². The molecule has 0 aromatic heterocycles. The lowest BCUT2D eigenvalue weighted by Crippen LogP contribution is -2.55. The summed E-state index contributed by atoms with van der Waals surface area (Å²) in [6.45, 7) is 17.3. The predicted molar refractivity (Wildman–Crippen MR) is 148 cm³/mol. The smallest absolute Gasteiger partial charge is 0.408 e. The van der Waals surface area contributed by atoms with Crippen LogP contribution in [0.3, 0.4) is 0 Å². The number of nitrogens with one attached hydrogen (secondary N) is 2. The molecule has 1 aromatic carbocycles. The van der Waals surface area contributed by atoms with E-state index in [9.17, 15) is 19.2 Å². The molecular formula is C29H47N3O6. The summed E-state index contributed by atoms with van der Waals surface area (Å²) in [6, 6.07) is 3.83. The molecule has 9 heteroatoms. The maximum Gasteiger partial charge on any atom is 0.408 e. The molecule has 3 atom stereocenters. The molecule has 9 nitrogen and oxygen atoms in total. The molecule has 0 radical (unpaired) electrons. The highest BCUT2D eigenvalue weighted by Crippen LogP contribution is 2.26. The van der Waals surface area contributed by atoms with Crippen LogP contribution in [-0.4, -0.2) is 60.1 Å². The van der Waals surface area contributed by atoms with Crippen LogP contribution < -0.4 is 10.6 Å². The normalized spacial score (nSPS) is 13.6. The molecule has 38 heavy (non-hydrogen) atoms. The second-order valence-electron chi connectivity index (χ2n) is 10.6.